The van der Waals surface area contributed by atoms with Crippen LogP contribution >= 0.6 is 0 Å². The smallest absolute Gasteiger partial charge is 0.245 e. The zero-order valence-corrected chi connectivity index (χ0v) is 12.6. The van der Waals surface area contributed by atoms with Gasteiger partial charge >= 0.3 is 0 Å². The lowest BCUT2D eigenvalue weighted by Crippen LogP contribution is -2.64. The molecule has 0 bridgehead atoms. The predicted octanol–water partition coefficient (Wildman–Crippen LogP) is 1.88. The maximum atomic E-state index is 12.9. The summed E-state index contributed by atoms with van der Waals surface area (Å²) in [4.78, 5) is 26.1. The molecule has 5 heteroatoms. The number of hydrogen-bond donors (Lipinski definition) is 1. The van der Waals surface area contributed by atoms with Crippen molar-refractivity contribution in [2.75, 3.05) is 0 Å². The maximum absolute atomic E-state index is 12.9. The molecule has 1 aromatic carbocycles. The number of carbonyl (C=O) groups is 2. The monoisotopic (exact) mass is 292 g/mol. The van der Waals surface area contributed by atoms with E-state index in [0.29, 0.717) is 12.8 Å². The maximum Gasteiger partial charge on any atom is 0.245 e. The van der Waals surface area contributed by atoms with Gasteiger partial charge in [0.1, 0.15) is 17.9 Å². The minimum atomic E-state index is -0.490. The number of benzene rings is 1. The van der Waals surface area contributed by atoms with Crippen molar-refractivity contribution in [1.29, 1.82) is 0 Å². The lowest BCUT2D eigenvalue weighted by molar-refractivity contribution is -0.151. The van der Waals surface area contributed by atoms with Crippen molar-refractivity contribution in [2.45, 2.75) is 51.7 Å². The van der Waals surface area contributed by atoms with Gasteiger partial charge in [0, 0.05) is 6.04 Å². The zero-order valence-electron chi connectivity index (χ0n) is 12.6. The number of rotatable bonds is 4. The number of amides is 2. The average molecular weight is 292 g/mol. The van der Waals surface area contributed by atoms with Crippen LogP contribution in [0.3, 0.4) is 0 Å². The van der Waals surface area contributed by atoms with E-state index in [0.717, 1.165) is 5.56 Å². The molecule has 3 unspecified atom stereocenters. The predicted molar refractivity (Wildman–Crippen MR) is 78.1 cm³/mol. The fourth-order valence-corrected chi connectivity index (χ4v) is 2.84. The van der Waals surface area contributed by atoms with Gasteiger partial charge in [-0.1, -0.05) is 19.1 Å². The first-order valence-electron chi connectivity index (χ1n) is 7.31. The van der Waals surface area contributed by atoms with Crippen molar-refractivity contribution >= 4 is 11.8 Å². The van der Waals surface area contributed by atoms with E-state index < -0.39 is 12.1 Å². The molecule has 1 heterocycles. The molecular weight excluding hydrogens is 271 g/mol. The Hall–Kier alpha value is -1.91. The Kier molecular flexibility index (Phi) is 4.60. The van der Waals surface area contributed by atoms with Crippen LogP contribution < -0.4 is 5.32 Å². The summed E-state index contributed by atoms with van der Waals surface area (Å²) in [5.74, 6) is -0.438. The topological polar surface area (TPSA) is 49.4 Å². The molecule has 114 valence electrons. The van der Waals surface area contributed by atoms with Crippen LogP contribution in [-0.2, 0) is 16.0 Å². The summed E-state index contributed by atoms with van der Waals surface area (Å²) in [6.45, 7) is 5.52. The first-order chi connectivity index (χ1) is 9.93. The normalized spacial score (nSPS) is 23.9. The number of carbonyl (C=O) groups excluding carboxylic acids is 2. The summed E-state index contributed by atoms with van der Waals surface area (Å²) in [6, 6.07) is 5.22. The van der Waals surface area contributed by atoms with Crippen molar-refractivity contribution in [3.8, 4) is 0 Å². The minimum Gasteiger partial charge on any atom is -0.343 e. The van der Waals surface area contributed by atoms with E-state index in [-0.39, 0.29) is 23.7 Å². The van der Waals surface area contributed by atoms with Gasteiger partial charge in [0.05, 0.1) is 0 Å². The average Bonchev–Trinajstić information content (AvgIpc) is 2.44. The molecule has 3 atom stereocenters. The number of halogens is 1. The zero-order chi connectivity index (χ0) is 15.6. The van der Waals surface area contributed by atoms with Gasteiger partial charge in [-0.25, -0.2) is 4.39 Å². The van der Waals surface area contributed by atoms with Crippen molar-refractivity contribution in [2.24, 2.45) is 0 Å². The van der Waals surface area contributed by atoms with Crippen molar-refractivity contribution < 1.29 is 14.0 Å². The third-order valence-corrected chi connectivity index (χ3v) is 3.93. The van der Waals surface area contributed by atoms with Gasteiger partial charge in [-0.15, -0.1) is 0 Å². The Morgan fingerprint density at radius 1 is 1.29 bits per heavy atom. The summed E-state index contributed by atoms with van der Waals surface area (Å²) >= 11 is 0. The van der Waals surface area contributed by atoms with Crippen LogP contribution in [0.4, 0.5) is 4.39 Å². The van der Waals surface area contributed by atoms with Crippen LogP contribution in [0.15, 0.2) is 24.3 Å². The molecule has 4 nitrogen and oxygen atoms in total. The summed E-state index contributed by atoms with van der Waals surface area (Å²) in [7, 11) is 0. The van der Waals surface area contributed by atoms with Crippen LogP contribution in [0.5, 0.6) is 0 Å². The Morgan fingerprint density at radius 3 is 2.48 bits per heavy atom. The van der Waals surface area contributed by atoms with Gasteiger partial charge in [0.25, 0.3) is 0 Å². The van der Waals surface area contributed by atoms with Crippen LogP contribution in [0.1, 0.15) is 32.8 Å². The Bertz CT molecular complexity index is 530. The first kappa shape index (κ1) is 15.5. The number of nitrogens with zero attached hydrogens (tertiary/aromatic N) is 1. The second-order valence-corrected chi connectivity index (χ2v) is 5.58. The van der Waals surface area contributed by atoms with Crippen LogP contribution in [0.25, 0.3) is 0 Å². The van der Waals surface area contributed by atoms with E-state index >= 15 is 0 Å². The van der Waals surface area contributed by atoms with Gasteiger partial charge in [-0.3, -0.25) is 9.59 Å². The van der Waals surface area contributed by atoms with Crippen LogP contribution in [0, 0.1) is 5.82 Å². The lowest BCUT2D eigenvalue weighted by atomic mass is 9.99. The second-order valence-electron chi connectivity index (χ2n) is 5.58. The molecule has 0 radical (unpaired) electrons. The highest BCUT2D eigenvalue weighted by atomic mass is 19.1. The molecule has 1 aromatic rings. The molecule has 1 aliphatic heterocycles. The largest absolute Gasteiger partial charge is 0.343 e. The summed E-state index contributed by atoms with van der Waals surface area (Å²) in [5.41, 5.74) is 0.949. The molecule has 0 aliphatic carbocycles. The number of hydrogen-bond acceptors (Lipinski definition) is 2. The number of nitrogens with one attached hydrogen (secondary N) is 1. The van der Waals surface area contributed by atoms with E-state index in [1.807, 2.05) is 13.8 Å². The molecule has 2 rings (SSSR count). The highest BCUT2D eigenvalue weighted by Crippen LogP contribution is 2.19. The van der Waals surface area contributed by atoms with Crippen LogP contribution in [-0.4, -0.2) is 34.8 Å². The van der Waals surface area contributed by atoms with Gasteiger partial charge in [-0.05, 0) is 44.4 Å². The molecule has 1 fully saturated rings. The minimum absolute atomic E-state index is 0.0592. The SMILES string of the molecule is CCC1C(=O)NC(C)C(=O)N1C(C)Cc1ccc(F)cc1. The van der Waals surface area contributed by atoms with E-state index in [1.54, 1.807) is 24.0 Å². The molecule has 0 spiro atoms. The van der Waals surface area contributed by atoms with Gasteiger partial charge in [-0.2, -0.15) is 0 Å². The summed E-state index contributed by atoms with van der Waals surface area (Å²) in [5, 5.41) is 2.71. The molecular formula is C16H21FN2O2. The van der Waals surface area contributed by atoms with Gasteiger partial charge in [0.2, 0.25) is 11.8 Å². The first-order valence-corrected chi connectivity index (χ1v) is 7.31. The van der Waals surface area contributed by atoms with Crippen molar-refractivity contribution in [3.05, 3.63) is 35.6 Å². The third kappa shape index (κ3) is 3.23. The molecule has 1 N–H and O–H groups in total. The van der Waals surface area contributed by atoms with Gasteiger partial charge in [0.15, 0.2) is 0 Å². The number of piperazine rings is 1. The fraction of sp³-hybridized carbons (Fsp3) is 0.500. The van der Waals surface area contributed by atoms with E-state index in [2.05, 4.69) is 5.32 Å². The Labute approximate surface area is 124 Å². The molecule has 0 saturated carbocycles. The second kappa shape index (κ2) is 6.24. The van der Waals surface area contributed by atoms with E-state index in [9.17, 15) is 14.0 Å². The van der Waals surface area contributed by atoms with E-state index in [4.69, 9.17) is 0 Å². The highest BCUT2D eigenvalue weighted by Gasteiger charge is 2.39. The fourth-order valence-electron chi connectivity index (χ4n) is 2.84. The molecule has 1 saturated heterocycles. The molecule has 21 heavy (non-hydrogen) atoms. The summed E-state index contributed by atoms with van der Waals surface area (Å²) < 4.78 is 12.9. The molecule has 0 aromatic heterocycles. The van der Waals surface area contributed by atoms with E-state index in [1.165, 1.54) is 12.1 Å². The Balaban J connectivity index is 2.17. The third-order valence-electron chi connectivity index (χ3n) is 3.93. The van der Waals surface area contributed by atoms with Gasteiger partial charge < -0.3 is 10.2 Å². The quantitative estimate of drug-likeness (QED) is 0.921. The Morgan fingerprint density at radius 2 is 1.90 bits per heavy atom. The van der Waals surface area contributed by atoms with Crippen molar-refractivity contribution in [1.82, 2.24) is 10.2 Å². The van der Waals surface area contributed by atoms with Crippen molar-refractivity contribution in [3.63, 3.8) is 0 Å². The molecule has 2 amide bonds. The highest BCUT2D eigenvalue weighted by molar-refractivity contribution is 5.96. The molecule has 1 aliphatic rings. The standard InChI is InChI=1S/C16H21FN2O2/c1-4-14-15(20)18-11(3)16(21)19(14)10(2)9-12-5-7-13(17)8-6-12/h5-8,10-11,14H,4,9H2,1-3H3,(H,18,20). The summed E-state index contributed by atoms with van der Waals surface area (Å²) in [6.07, 6.45) is 1.18. The van der Waals surface area contributed by atoms with Crippen LogP contribution in [0.2, 0.25) is 0 Å². The lowest BCUT2D eigenvalue weighted by Gasteiger charge is -2.41.